The molecule has 1 atom stereocenters. The molecule has 0 spiro atoms. The molecule has 7 nitrogen and oxygen atoms in total. The lowest BCUT2D eigenvalue weighted by molar-refractivity contribution is 0.00631. The molecule has 1 saturated heterocycles. The van der Waals surface area contributed by atoms with E-state index in [0.717, 1.165) is 22.6 Å². The van der Waals surface area contributed by atoms with Crippen LogP contribution in [0.4, 0.5) is 0 Å². The summed E-state index contributed by atoms with van der Waals surface area (Å²) in [5.41, 5.74) is 9.30. The van der Waals surface area contributed by atoms with Gasteiger partial charge in [0.25, 0.3) is 5.91 Å². The predicted molar refractivity (Wildman–Crippen MR) is 109 cm³/mol. The number of thiazole rings is 1. The molecule has 0 radical (unpaired) electrons. The molecule has 0 saturated carbocycles. The Hall–Kier alpha value is -2.42. The average molecular weight is 416 g/mol. The molecule has 0 aliphatic carbocycles. The highest BCUT2D eigenvalue weighted by molar-refractivity contribution is 7.09. The number of carbonyl (C=O) groups is 1. The van der Waals surface area contributed by atoms with Crippen LogP contribution in [0.15, 0.2) is 22.1 Å². The molecule has 1 fully saturated rings. The van der Waals surface area contributed by atoms with Crippen LogP contribution < -0.4 is 10.5 Å². The van der Waals surface area contributed by atoms with Crippen LogP contribution in [0.25, 0.3) is 11.0 Å². The van der Waals surface area contributed by atoms with Gasteiger partial charge in [-0.25, -0.2) is 4.98 Å². The molecular weight excluding hydrogens is 392 g/mol. The summed E-state index contributed by atoms with van der Waals surface area (Å²) < 4.78 is 17.8. The number of hydrogen-bond acceptors (Lipinski definition) is 7. The van der Waals surface area contributed by atoms with Gasteiger partial charge in [-0.1, -0.05) is 0 Å². The summed E-state index contributed by atoms with van der Waals surface area (Å²) in [6, 6.07) is 3.61. The van der Waals surface area contributed by atoms with Crippen molar-refractivity contribution in [2.75, 3.05) is 19.8 Å². The van der Waals surface area contributed by atoms with E-state index >= 15 is 0 Å². The van der Waals surface area contributed by atoms with E-state index in [-0.39, 0.29) is 6.61 Å². The second-order valence-electron chi connectivity index (χ2n) is 7.45. The number of aryl methyl sites for hydroxylation is 2. The van der Waals surface area contributed by atoms with Crippen molar-refractivity contribution in [2.45, 2.75) is 38.7 Å². The molecule has 1 amide bonds. The number of furan rings is 1. The fourth-order valence-electron chi connectivity index (χ4n) is 4.09. The third-order valence-electron chi connectivity index (χ3n) is 5.60. The molecule has 154 valence electrons. The van der Waals surface area contributed by atoms with E-state index in [1.807, 2.05) is 13.0 Å². The molecule has 3 heterocycles. The van der Waals surface area contributed by atoms with Crippen molar-refractivity contribution in [1.29, 1.82) is 0 Å². The van der Waals surface area contributed by atoms with Gasteiger partial charge in [-0.3, -0.25) is 4.79 Å². The van der Waals surface area contributed by atoms with Crippen LogP contribution >= 0.6 is 11.3 Å². The fraction of sp³-hybridized carbons (Fsp3) is 0.429. The molecule has 2 aromatic heterocycles. The summed E-state index contributed by atoms with van der Waals surface area (Å²) in [7, 11) is 0. The van der Waals surface area contributed by atoms with Gasteiger partial charge in [-0.15, -0.1) is 11.3 Å². The van der Waals surface area contributed by atoms with Crippen molar-refractivity contribution < 1.29 is 23.8 Å². The summed E-state index contributed by atoms with van der Waals surface area (Å²) in [5.74, 6) is 0.477. The molecule has 0 bridgehead atoms. The number of rotatable bonds is 6. The average Bonchev–Trinajstić information content (AvgIpc) is 3.28. The SMILES string of the molecule is Cc1ncsc1COc1ccc2oc(C)c(C(N)=O)c2c1C1(CO)CCCOC1. The van der Waals surface area contributed by atoms with E-state index in [1.54, 1.807) is 18.5 Å². The number of nitrogens with zero attached hydrogens (tertiary/aromatic N) is 1. The Kier molecular flexibility index (Phi) is 5.33. The van der Waals surface area contributed by atoms with Crippen LogP contribution in [0.5, 0.6) is 5.75 Å². The number of aliphatic hydroxyl groups excluding tert-OH is 1. The summed E-state index contributed by atoms with van der Waals surface area (Å²) in [4.78, 5) is 17.5. The number of hydrogen-bond donors (Lipinski definition) is 2. The van der Waals surface area contributed by atoms with Crippen molar-refractivity contribution in [3.63, 3.8) is 0 Å². The largest absolute Gasteiger partial charge is 0.488 e. The van der Waals surface area contributed by atoms with Gasteiger partial charge in [0, 0.05) is 23.0 Å². The monoisotopic (exact) mass is 416 g/mol. The molecule has 8 heteroatoms. The maximum absolute atomic E-state index is 12.2. The number of amides is 1. The van der Waals surface area contributed by atoms with Gasteiger partial charge in [-0.05, 0) is 38.8 Å². The zero-order valence-electron chi connectivity index (χ0n) is 16.5. The first-order chi connectivity index (χ1) is 14.0. The first-order valence-corrected chi connectivity index (χ1v) is 10.4. The highest BCUT2D eigenvalue weighted by Crippen LogP contribution is 2.45. The molecular formula is C21H24N2O5S. The number of aliphatic hydroxyl groups is 1. The second-order valence-corrected chi connectivity index (χ2v) is 8.39. The standard InChI is InChI=1S/C21H24N2O5S/c1-12-16(29-11-23-12)8-27-15-5-4-14-18(17(20(22)25)13(2)28-14)19(15)21(9-24)6-3-7-26-10-21/h4-5,11,24H,3,6-10H2,1-2H3,(H2,22,25). The summed E-state index contributed by atoms with van der Waals surface area (Å²) in [6.07, 6.45) is 1.51. The zero-order chi connectivity index (χ0) is 20.6. The third kappa shape index (κ3) is 3.41. The van der Waals surface area contributed by atoms with E-state index in [1.165, 1.54) is 11.3 Å². The lowest BCUT2D eigenvalue weighted by Crippen LogP contribution is -2.40. The maximum atomic E-state index is 12.2. The Morgan fingerprint density at radius 3 is 2.86 bits per heavy atom. The molecule has 1 unspecified atom stereocenters. The van der Waals surface area contributed by atoms with Crippen LogP contribution in [-0.2, 0) is 16.8 Å². The summed E-state index contributed by atoms with van der Waals surface area (Å²) in [5, 5.41) is 11.0. The minimum absolute atomic E-state index is 0.134. The highest BCUT2D eigenvalue weighted by atomic mass is 32.1. The number of aromatic nitrogens is 1. The smallest absolute Gasteiger partial charge is 0.252 e. The van der Waals surface area contributed by atoms with E-state index in [0.29, 0.717) is 54.3 Å². The topological polar surface area (TPSA) is 108 Å². The van der Waals surface area contributed by atoms with Crippen LogP contribution in [0.3, 0.4) is 0 Å². The minimum atomic E-state index is -0.698. The van der Waals surface area contributed by atoms with Gasteiger partial charge in [-0.2, -0.15) is 0 Å². The molecule has 3 aromatic rings. The Bertz CT molecular complexity index is 1050. The van der Waals surface area contributed by atoms with Crippen molar-refractivity contribution >= 4 is 28.2 Å². The molecule has 3 N–H and O–H groups in total. The Labute approximate surface area is 172 Å². The zero-order valence-corrected chi connectivity index (χ0v) is 17.3. The lowest BCUT2D eigenvalue weighted by atomic mass is 9.74. The number of nitrogens with two attached hydrogens (primary N) is 1. The van der Waals surface area contributed by atoms with Crippen molar-refractivity contribution in [2.24, 2.45) is 5.73 Å². The molecule has 4 rings (SSSR count). The number of benzene rings is 1. The van der Waals surface area contributed by atoms with Crippen LogP contribution in [0, 0.1) is 13.8 Å². The van der Waals surface area contributed by atoms with Gasteiger partial charge in [0.05, 0.1) is 34.9 Å². The summed E-state index contributed by atoms with van der Waals surface area (Å²) in [6.45, 7) is 4.84. The fourth-order valence-corrected chi connectivity index (χ4v) is 4.78. The van der Waals surface area contributed by atoms with Crippen LogP contribution in [-0.4, -0.2) is 35.8 Å². The van der Waals surface area contributed by atoms with Gasteiger partial charge < -0.3 is 24.7 Å². The number of primary amides is 1. The van der Waals surface area contributed by atoms with Crippen molar-refractivity contribution in [3.05, 3.63) is 45.1 Å². The van der Waals surface area contributed by atoms with E-state index < -0.39 is 11.3 Å². The van der Waals surface area contributed by atoms with Gasteiger partial charge in [0.2, 0.25) is 0 Å². The van der Waals surface area contributed by atoms with E-state index in [2.05, 4.69) is 4.98 Å². The lowest BCUT2D eigenvalue weighted by Gasteiger charge is -2.37. The maximum Gasteiger partial charge on any atom is 0.252 e. The third-order valence-corrected chi connectivity index (χ3v) is 6.51. The normalized spacial score (nSPS) is 19.6. The Balaban J connectivity index is 1.91. The first kappa shape index (κ1) is 19.9. The second kappa shape index (κ2) is 7.78. The van der Waals surface area contributed by atoms with E-state index in [4.69, 9.17) is 19.6 Å². The highest BCUT2D eigenvalue weighted by Gasteiger charge is 2.40. The quantitative estimate of drug-likeness (QED) is 0.639. The van der Waals surface area contributed by atoms with Crippen LogP contribution in [0.1, 0.15) is 45.1 Å². The molecule has 1 aromatic carbocycles. The predicted octanol–water partition coefficient (Wildman–Crippen LogP) is 3.22. The first-order valence-electron chi connectivity index (χ1n) is 9.53. The molecule has 1 aliphatic rings. The van der Waals surface area contributed by atoms with Gasteiger partial charge in [0.15, 0.2) is 0 Å². The number of fused-ring (bicyclic) bond motifs is 1. The number of ether oxygens (including phenoxy) is 2. The summed E-state index contributed by atoms with van der Waals surface area (Å²) >= 11 is 1.53. The van der Waals surface area contributed by atoms with Gasteiger partial charge in [0.1, 0.15) is 23.7 Å². The van der Waals surface area contributed by atoms with Gasteiger partial charge >= 0.3 is 0 Å². The minimum Gasteiger partial charge on any atom is -0.488 e. The van der Waals surface area contributed by atoms with Crippen LogP contribution in [0.2, 0.25) is 0 Å². The Morgan fingerprint density at radius 1 is 1.41 bits per heavy atom. The Morgan fingerprint density at radius 2 is 2.24 bits per heavy atom. The van der Waals surface area contributed by atoms with Crippen molar-refractivity contribution in [1.82, 2.24) is 4.98 Å². The molecule has 29 heavy (non-hydrogen) atoms. The van der Waals surface area contributed by atoms with E-state index in [9.17, 15) is 9.90 Å². The van der Waals surface area contributed by atoms with Crippen molar-refractivity contribution in [3.8, 4) is 5.75 Å². The molecule has 1 aliphatic heterocycles. The number of carbonyl (C=O) groups excluding carboxylic acids is 1.